The van der Waals surface area contributed by atoms with Crippen LogP contribution in [0.15, 0.2) is 21.1 Å². The SMILES string of the molecule is CC(CNC(=O)Nc1c(Br)cc(Br)cc1C(=O)O)N(C)C. The maximum absolute atomic E-state index is 11.9. The Kier molecular flexibility index (Phi) is 6.63. The molecule has 0 spiro atoms. The molecule has 8 heteroatoms. The number of urea groups is 1. The average molecular weight is 423 g/mol. The van der Waals surface area contributed by atoms with Gasteiger partial charge in [-0.15, -0.1) is 0 Å². The number of aromatic carboxylic acids is 1. The molecule has 3 N–H and O–H groups in total. The smallest absolute Gasteiger partial charge is 0.337 e. The molecule has 2 amide bonds. The van der Waals surface area contributed by atoms with E-state index in [1.54, 1.807) is 6.07 Å². The lowest BCUT2D eigenvalue weighted by Crippen LogP contribution is -2.40. The van der Waals surface area contributed by atoms with Gasteiger partial charge in [-0.3, -0.25) is 0 Å². The van der Waals surface area contributed by atoms with Crippen LogP contribution in [0.1, 0.15) is 17.3 Å². The van der Waals surface area contributed by atoms with E-state index in [1.165, 1.54) is 6.07 Å². The van der Waals surface area contributed by atoms with E-state index in [4.69, 9.17) is 0 Å². The van der Waals surface area contributed by atoms with Gasteiger partial charge in [0, 0.05) is 21.5 Å². The molecule has 21 heavy (non-hydrogen) atoms. The third-order valence-electron chi connectivity index (χ3n) is 2.96. The fraction of sp³-hybridized carbons (Fsp3) is 0.385. The normalized spacial score (nSPS) is 12.1. The molecule has 0 heterocycles. The number of hydrogen-bond donors (Lipinski definition) is 3. The van der Waals surface area contributed by atoms with E-state index >= 15 is 0 Å². The second-order valence-corrected chi connectivity index (χ2v) is 6.53. The molecule has 0 aromatic heterocycles. The minimum atomic E-state index is -1.12. The zero-order chi connectivity index (χ0) is 16.2. The average Bonchev–Trinajstić information content (AvgIpc) is 2.38. The Balaban J connectivity index is 2.83. The Morgan fingerprint density at radius 2 is 1.95 bits per heavy atom. The second kappa shape index (κ2) is 7.77. The molecule has 1 unspecified atom stereocenters. The molecule has 0 bridgehead atoms. The first-order chi connectivity index (χ1) is 9.72. The number of carboxylic acid groups (broad SMARTS) is 1. The van der Waals surface area contributed by atoms with Crippen molar-refractivity contribution in [1.82, 2.24) is 10.2 Å². The predicted octanol–water partition coefficient (Wildman–Crippen LogP) is 2.98. The van der Waals surface area contributed by atoms with E-state index in [0.29, 0.717) is 15.5 Å². The lowest BCUT2D eigenvalue weighted by molar-refractivity contribution is 0.0698. The van der Waals surface area contributed by atoms with Crippen molar-refractivity contribution < 1.29 is 14.7 Å². The quantitative estimate of drug-likeness (QED) is 0.681. The number of likely N-dealkylation sites (N-methyl/N-ethyl adjacent to an activating group) is 1. The van der Waals surface area contributed by atoms with Gasteiger partial charge in [0.05, 0.1) is 11.3 Å². The standard InChI is InChI=1S/C13H17Br2N3O3/c1-7(18(2)3)6-16-13(21)17-11-9(12(19)20)4-8(14)5-10(11)15/h4-5,7H,6H2,1-3H3,(H,19,20)(H2,16,17,21). The van der Waals surface area contributed by atoms with Crippen molar-refractivity contribution in [3.63, 3.8) is 0 Å². The number of halogens is 2. The van der Waals surface area contributed by atoms with Gasteiger partial charge >= 0.3 is 12.0 Å². The first kappa shape index (κ1) is 17.9. The van der Waals surface area contributed by atoms with E-state index in [-0.39, 0.29) is 17.3 Å². The summed E-state index contributed by atoms with van der Waals surface area (Å²) >= 11 is 6.47. The number of rotatable bonds is 5. The Bertz CT molecular complexity index is 550. The van der Waals surface area contributed by atoms with Gasteiger partial charge in [-0.25, -0.2) is 9.59 Å². The van der Waals surface area contributed by atoms with Crippen molar-refractivity contribution in [3.8, 4) is 0 Å². The van der Waals surface area contributed by atoms with Crippen LogP contribution >= 0.6 is 31.9 Å². The monoisotopic (exact) mass is 421 g/mol. The van der Waals surface area contributed by atoms with Gasteiger partial charge in [0.15, 0.2) is 0 Å². The number of anilines is 1. The highest BCUT2D eigenvalue weighted by Crippen LogP contribution is 2.30. The van der Waals surface area contributed by atoms with E-state index in [2.05, 4.69) is 42.5 Å². The topological polar surface area (TPSA) is 81.7 Å². The number of carbonyl (C=O) groups excluding carboxylic acids is 1. The number of nitrogens with zero attached hydrogens (tertiary/aromatic N) is 1. The molecule has 0 radical (unpaired) electrons. The summed E-state index contributed by atoms with van der Waals surface area (Å²) in [5, 5.41) is 14.5. The van der Waals surface area contributed by atoms with Crippen molar-refractivity contribution in [2.75, 3.05) is 26.0 Å². The fourth-order valence-electron chi connectivity index (χ4n) is 1.45. The zero-order valence-electron chi connectivity index (χ0n) is 11.9. The molecule has 1 aromatic rings. The van der Waals surface area contributed by atoms with E-state index in [0.717, 1.165) is 0 Å². The number of nitrogens with one attached hydrogen (secondary N) is 2. The Hall–Kier alpha value is -1.12. The Labute approximate surface area is 140 Å². The van der Waals surface area contributed by atoms with Gasteiger partial charge in [-0.2, -0.15) is 0 Å². The summed E-state index contributed by atoms with van der Waals surface area (Å²) in [6.45, 7) is 2.42. The molecule has 116 valence electrons. The second-order valence-electron chi connectivity index (χ2n) is 4.76. The van der Waals surface area contributed by atoms with Crippen LogP contribution in [0.2, 0.25) is 0 Å². The summed E-state index contributed by atoms with van der Waals surface area (Å²) in [7, 11) is 3.83. The van der Waals surface area contributed by atoms with Crippen molar-refractivity contribution in [3.05, 3.63) is 26.6 Å². The molecule has 6 nitrogen and oxygen atoms in total. The maximum atomic E-state index is 11.9. The molecule has 0 aliphatic heterocycles. The van der Waals surface area contributed by atoms with E-state index < -0.39 is 12.0 Å². The van der Waals surface area contributed by atoms with Crippen LogP contribution in [0.3, 0.4) is 0 Å². The van der Waals surface area contributed by atoms with Gasteiger partial charge < -0.3 is 20.6 Å². The lowest BCUT2D eigenvalue weighted by atomic mass is 10.2. The molecule has 1 atom stereocenters. The molecule has 1 rings (SSSR count). The fourth-order valence-corrected chi connectivity index (χ4v) is 2.77. The van der Waals surface area contributed by atoms with Gasteiger partial charge in [-0.1, -0.05) is 15.9 Å². The maximum Gasteiger partial charge on any atom is 0.337 e. The van der Waals surface area contributed by atoms with Crippen LogP contribution in [0.25, 0.3) is 0 Å². The Morgan fingerprint density at radius 3 is 2.48 bits per heavy atom. The predicted molar refractivity (Wildman–Crippen MR) is 89.0 cm³/mol. The highest BCUT2D eigenvalue weighted by Gasteiger charge is 2.17. The molecule has 0 saturated carbocycles. The minimum Gasteiger partial charge on any atom is -0.478 e. The molecular weight excluding hydrogens is 406 g/mol. The van der Waals surface area contributed by atoms with E-state index in [9.17, 15) is 14.7 Å². The number of carboxylic acids is 1. The zero-order valence-corrected chi connectivity index (χ0v) is 15.1. The number of hydrogen-bond acceptors (Lipinski definition) is 3. The van der Waals surface area contributed by atoms with Crippen molar-refractivity contribution in [1.29, 1.82) is 0 Å². The minimum absolute atomic E-state index is 0.00654. The van der Waals surface area contributed by atoms with Crippen molar-refractivity contribution in [2.45, 2.75) is 13.0 Å². The number of carbonyl (C=O) groups is 2. The van der Waals surface area contributed by atoms with Crippen LogP contribution in [0.5, 0.6) is 0 Å². The van der Waals surface area contributed by atoms with Crippen molar-refractivity contribution in [2.24, 2.45) is 0 Å². The van der Waals surface area contributed by atoms with Gasteiger partial charge in [-0.05, 0) is 49.1 Å². The molecule has 0 aliphatic rings. The van der Waals surface area contributed by atoms with Crippen LogP contribution < -0.4 is 10.6 Å². The lowest BCUT2D eigenvalue weighted by Gasteiger charge is -2.20. The van der Waals surface area contributed by atoms with Crippen LogP contribution in [0.4, 0.5) is 10.5 Å². The van der Waals surface area contributed by atoms with Crippen LogP contribution in [0, 0.1) is 0 Å². The molecular formula is C13H17Br2N3O3. The number of benzene rings is 1. The molecule has 0 saturated heterocycles. The summed E-state index contributed by atoms with van der Waals surface area (Å²) in [5.41, 5.74) is 0.229. The van der Waals surface area contributed by atoms with E-state index in [1.807, 2.05) is 25.9 Å². The third-order valence-corrected chi connectivity index (χ3v) is 4.05. The third kappa shape index (κ3) is 5.29. The van der Waals surface area contributed by atoms with Crippen LogP contribution in [-0.2, 0) is 0 Å². The van der Waals surface area contributed by atoms with Gasteiger partial charge in [0.1, 0.15) is 0 Å². The summed E-state index contributed by atoms with van der Waals surface area (Å²) in [5.74, 6) is -1.12. The summed E-state index contributed by atoms with van der Waals surface area (Å²) in [6, 6.07) is 2.83. The van der Waals surface area contributed by atoms with Crippen molar-refractivity contribution >= 4 is 49.5 Å². The molecule has 0 aliphatic carbocycles. The van der Waals surface area contributed by atoms with Gasteiger partial charge in [0.2, 0.25) is 0 Å². The number of amides is 2. The Morgan fingerprint density at radius 1 is 1.33 bits per heavy atom. The van der Waals surface area contributed by atoms with Crippen LogP contribution in [-0.4, -0.2) is 48.7 Å². The first-order valence-electron chi connectivity index (χ1n) is 6.16. The largest absolute Gasteiger partial charge is 0.478 e. The summed E-state index contributed by atoms with van der Waals surface area (Å²) in [6.07, 6.45) is 0. The van der Waals surface area contributed by atoms with Gasteiger partial charge in [0.25, 0.3) is 0 Å². The highest BCUT2D eigenvalue weighted by molar-refractivity contribution is 9.11. The molecule has 0 fully saturated rings. The summed E-state index contributed by atoms with van der Waals surface area (Å²) in [4.78, 5) is 25.1. The molecule has 1 aromatic carbocycles. The first-order valence-corrected chi connectivity index (χ1v) is 7.74. The highest BCUT2D eigenvalue weighted by atomic mass is 79.9. The summed E-state index contributed by atoms with van der Waals surface area (Å²) < 4.78 is 1.10.